The molecule has 1 aliphatic heterocycles. The van der Waals surface area contributed by atoms with Crippen molar-refractivity contribution in [3.8, 4) is 0 Å². The second-order valence-corrected chi connectivity index (χ2v) is 4.44. The van der Waals surface area contributed by atoms with Crippen molar-refractivity contribution in [1.82, 2.24) is 24.9 Å². The number of aliphatic carboxylic acids is 1. The summed E-state index contributed by atoms with van der Waals surface area (Å²) in [6, 6.07) is -0.635. The molecule has 8 heteroatoms. The number of rotatable bonds is 2. The fourth-order valence-electron chi connectivity index (χ4n) is 2.31. The van der Waals surface area contributed by atoms with Gasteiger partial charge in [-0.15, -0.1) is 10.2 Å². The number of anilines is 1. The second kappa shape index (κ2) is 4.47. The predicted octanol–water partition coefficient (Wildman–Crippen LogP) is -0.704. The van der Waals surface area contributed by atoms with Crippen molar-refractivity contribution < 1.29 is 9.90 Å². The minimum atomic E-state index is -0.868. The van der Waals surface area contributed by atoms with Crippen LogP contribution in [-0.4, -0.2) is 56.3 Å². The number of nitrogens with one attached hydrogen (secondary N) is 1. The molecule has 1 unspecified atom stereocenters. The van der Waals surface area contributed by atoms with E-state index in [1.54, 1.807) is 17.3 Å². The Balaban J connectivity index is 2.09. The van der Waals surface area contributed by atoms with Crippen LogP contribution >= 0.6 is 0 Å². The molecule has 0 radical (unpaired) electrons. The summed E-state index contributed by atoms with van der Waals surface area (Å²) in [6.45, 7) is 3.54. The van der Waals surface area contributed by atoms with Gasteiger partial charge in [-0.2, -0.15) is 0 Å². The van der Waals surface area contributed by atoms with E-state index in [1.165, 1.54) is 0 Å². The van der Waals surface area contributed by atoms with Gasteiger partial charge in [0.2, 0.25) is 5.65 Å². The van der Waals surface area contributed by atoms with Crippen LogP contribution in [0.3, 0.4) is 0 Å². The van der Waals surface area contributed by atoms with E-state index in [9.17, 15) is 9.90 Å². The third-order valence-corrected chi connectivity index (χ3v) is 3.28. The summed E-state index contributed by atoms with van der Waals surface area (Å²) in [7, 11) is 0. The molecule has 2 aromatic rings. The van der Waals surface area contributed by atoms with Crippen LogP contribution in [0.15, 0.2) is 12.4 Å². The maximum Gasteiger partial charge on any atom is 0.327 e. The Morgan fingerprint density at radius 3 is 3.16 bits per heavy atom. The topological polar surface area (TPSA) is 95.7 Å². The van der Waals surface area contributed by atoms with E-state index in [0.29, 0.717) is 24.6 Å². The van der Waals surface area contributed by atoms with Gasteiger partial charge in [-0.1, -0.05) is 0 Å². The molecule has 0 amide bonds. The summed E-state index contributed by atoms with van der Waals surface area (Å²) < 4.78 is 1.81. The lowest BCUT2D eigenvalue weighted by Gasteiger charge is -2.34. The molecule has 0 bridgehead atoms. The van der Waals surface area contributed by atoms with Gasteiger partial charge in [0.1, 0.15) is 11.9 Å². The van der Waals surface area contributed by atoms with Gasteiger partial charge in [0, 0.05) is 32.0 Å². The number of aryl methyl sites for hydroxylation is 1. The van der Waals surface area contributed by atoms with Gasteiger partial charge in [0.25, 0.3) is 0 Å². The third-order valence-electron chi connectivity index (χ3n) is 3.28. The standard InChI is InChI=1S/C11H14N6O2/c1-7-14-15-10-9(13-3-5-16(7)10)17-4-2-12-6-8(17)11(18)19/h3,5,8,12H,2,4,6H2,1H3,(H,18,19). The second-order valence-electron chi connectivity index (χ2n) is 4.44. The molecule has 1 saturated heterocycles. The first-order chi connectivity index (χ1) is 9.18. The molecule has 100 valence electrons. The number of piperazine rings is 1. The Morgan fingerprint density at radius 1 is 1.53 bits per heavy atom. The van der Waals surface area contributed by atoms with E-state index in [1.807, 2.05) is 11.3 Å². The van der Waals surface area contributed by atoms with Crippen molar-refractivity contribution in [2.24, 2.45) is 0 Å². The molecular weight excluding hydrogens is 248 g/mol. The fourth-order valence-corrected chi connectivity index (χ4v) is 2.31. The van der Waals surface area contributed by atoms with Crippen molar-refractivity contribution in [1.29, 1.82) is 0 Å². The van der Waals surface area contributed by atoms with Crippen LogP contribution < -0.4 is 10.2 Å². The summed E-state index contributed by atoms with van der Waals surface area (Å²) in [5, 5.41) is 20.5. The highest BCUT2D eigenvalue weighted by atomic mass is 16.4. The Hall–Kier alpha value is -2.22. The first-order valence-corrected chi connectivity index (χ1v) is 6.05. The molecule has 1 aliphatic rings. The maximum atomic E-state index is 11.3. The van der Waals surface area contributed by atoms with Crippen molar-refractivity contribution in [2.75, 3.05) is 24.5 Å². The van der Waals surface area contributed by atoms with Gasteiger partial charge >= 0.3 is 5.97 Å². The largest absolute Gasteiger partial charge is 0.480 e. The number of carboxylic acids is 1. The SMILES string of the molecule is Cc1nnc2c(N3CCNCC3C(=O)O)nccn12. The number of hydrogen-bond donors (Lipinski definition) is 2. The van der Waals surface area contributed by atoms with Crippen molar-refractivity contribution in [2.45, 2.75) is 13.0 Å². The highest BCUT2D eigenvalue weighted by molar-refractivity contribution is 5.80. The van der Waals surface area contributed by atoms with E-state index < -0.39 is 12.0 Å². The molecule has 0 aliphatic carbocycles. The summed E-state index contributed by atoms with van der Waals surface area (Å²) in [6.07, 6.45) is 3.41. The van der Waals surface area contributed by atoms with E-state index in [0.717, 1.165) is 12.4 Å². The number of carboxylic acid groups (broad SMARTS) is 1. The van der Waals surface area contributed by atoms with Gasteiger partial charge in [-0.3, -0.25) is 4.40 Å². The van der Waals surface area contributed by atoms with Gasteiger partial charge in [0.15, 0.2) is 5.82 Å². The van der Waals surface area contributed by atoms with Crippen LogP contribution in [-0.2, 0) is 4.79 Å². The molecule has 0 spiro atoms. The maximum absolute atomic E-state index is 11.3. The van der Waals surface area contributed by atoms with Gasteiger partial charge in [-0.05, 0) is 6.92 Å². The molecule has 1 fully saturated rings. The summed E-state index contributed by atoms with van der Waals surface area (Å²) in [5.74, 6) is 0.449. The van der Waals surface area contributed by atoms with E-state index in [2.05, 4.69) is 20.5 Å². The molecule has 19 heavy (non-hydrogen) atoms. The Kier molecular flexibility index (Phi) is 2.79. The molecule has 0 aromatic carbocycles. The zero-order valence-corrected chi connectivity index (χ0v) is 10.4. The van der Waals surface area contributed by atoms with Gasteiger partial charge < -0.3 is 15.3 Å². The minimum absolute atomic E-state index is 0.394. The molecule has 3 rings (SSSR count). The average Bonchev–Trinajstić information content (AvgIpc) is 2.81. The molecule has 3 heterocycles. The number of aromatic nitrogens is 4. The molecule has 2 N–H and O–H groups in total. The first-order valence-electron chi connectivity index (χ1n) is 6.05. The Labute approximate surface area is 109 Å². The lowest BCUT2D eigenvalue weighted by Crippen LogP contribution is -2.55. The van der Waals surface area contributed by atoms with Crippen LogP contribution in [0.2, 0.25) is 0 Å². The molecular formula is C11H14N6O2. The Morgan fingerprint density at radius 2 is 2.37 bits per heavy atom. The molecule has 2 aromatic heterocycles. The number of hydrogen-bond acceptors (Lipinski definition) is 6. The monoisotopic (exact) mass is 262 g/mol. The molecule has 1 atom stereocenters. The fraction of sp³-hybridized carbons (Fsp3) is 0.455. The quantitative estimate of drug-likeness (QED) is 0.738. The lowest BCUT2D eigenvalue weighted by atomic mass is 10.2. The number of carbonyl (C=O) groups is 1. The zero-order valence-electron chi connectivity index (χ0n) is 10.4. The average molecular weight is 262 g/mol. The predicted molar refractivity (Wildman–Crippen MR) is 67.2 cm³/mol. The smallest absolute Gasteiger partial charge is 0.327 e. The summed E-state index contributed by atoms with van der Waals surface area (Å²) in [5.41, 5.74) is 0.591. The van der Waals surface area contributed by atoms with Gasteiger partial charge in [-0.25, -0.2) is 9.78 Å². The lowest BCUT2D eigenvalue weighted by molar-refractivity contribution is -0.138. The van der Waals surface area contributed by atoms with E-state index in [-0.39, 0.29) is 0 Å². The normalized spacial score (nSPS) is 19.8. The number of nitrogens with zero attached hydrogens (tertiary/aromatic N) is 5. The number of fused-ring (bicyclic) bond motifs is 1. The van der Waals surface area contributed by atoms with Gasteiger partial charge in [0.05, 0.1) is 0 Å². The van der Waals surface area contributed by atoms with Crippen LogP contribution in [0.4, 0.5) is 5.82 Å². The minimum Gasteiger partial charge on any atom is -0.480 e. The van der Waals surface area contributed by atoms with Crippen LogP contribution in [0.25, 0.3) is 5.65 Å². The summed E-state index contributed by atoms with van der Waals surface area (Å²) in [4.78, 5) is 17.4. The first kappa shape index (κ1) is 11.8. The summed E-state index contributed by atoms with van der Waals surface area (Å²) >= 11 is 0. The van der Waals surface area contributed by atoms with Crippen molar-refractivity contribution in [3.63, 3.8) is 0 Å². The highest BCUT2D eigenvalue weighted by Gasteiger charge is 2.31. The molecule has 0 saturated carbocycles. The van der Waals surface area contributed by atoms with Crippen molar-refractivity contribution >= 4 is 17.4 Å². The van der Waals surface area contributed by atoms with Crippen LogP contribution in [0.5, 0.6) is 0 Å². The third kappa shape index (κ3) is 1.89. The Bertz CT molecular complexity index is 625. The zero-order chi connectivity index (χ0) is 13.4. The van der Waals surface area contributed by atoms with E-state index in [4.69, 9.17) is 0 Å². The van der Waals surface area contributed by atoms with Crippen LogP contribution in [0.1, 0.15) is 5.82 Å². The van der Waals surface area contributed by atoms with E-state index >= 15 is 0 Å². The van der Waals surface area contributed by atoms with Crippen molar-refractivity contribution in [3.05, 3.63) is 18.2 Å². The highest BCUT2D eigenvalue weighted by Crippen LogP contribution is 2.20. The molecule has 8 nitrogen and oxygen atoms in total. The van der Waals surface area contributed by atoms with Crippen LogP contribution in [0, 0.1) is 6.92 Å².